The van der Waals surface area contributed by atoms with Gasteiger partial charge in [-0.05, 0) is 12.1 Å². The van der Waals surface area contributed by atoms with Crippen LogP contribution in [0.3, 0.4) is 0 Å². The molecule has 1 rings (SSSR count). The Bertz CT molecular complexity index is 279. The first-order chi connectivity index (χ1) is 6.54. The molecule has 0 amide bonds. The number of rotatable bonds is 1. The Labute approximate surface area is 79.8 Å². The monoisotopic (exact) mass is 205 g/mol. The van der Waals surface area contributed by atoms with Gasteiger partial charge in [-0.25, -0.2) is 0 Å². The molecule has 1 aromatic rings. The molecule has 0 unspecified atom stereocenters. The topological polar surface area (TPSA) is 30.0 Å². The van der Waals surface area contributed by atoms with Crippen LogP contribution in [0.4, 0.5) is 13.2 Å². The molecular formula is C9H10F3NO. The SMILES string of the molecule is CC.O=Cc1ccc(C(F)(F)F)nc1. The van der Waals surface area contributed by atoms with E-state index in [4.69, 9.17) is 0 Å². The van der Waals surface area contributed by atoms with E-state index < -0.39 is 11.9 Å². The Morgan fingerprint density at radius 3 is 2.14 bits per heavy atom. The summed E-state index contributed by atoms with van der Waals surface area (Å²) in [6.07, 6.45) is -3.12. The number of hydrogen-bond acceptors (Lipinski definition) is 2. The maximum Gasteiger partial charge on any atom is 0.433 e. The first-order valence-corrected chi connectivity index (χ1v) is 4.02. The van der Waals surface area contributed by atoms with Gasteiger partial charge in [0.1, 0.15) is 5.69 Å². The number of nitrogens with zero attached hydrogens (tertiary/aromatic N) is 1. The van der Waals surface area contributed by atoms with Gasteiger partial charge >= 0.3 is 6.18 Å². The summed E-state index contributed by atoms with van der Waals surface area (Å²) in [7, 11) is 0. The van der Waals surface area contributed by atoms with Crippen LogP contribution in [-0.4, -0.2) is 11.3 Å². The fourth-order valence-electron chi connectivity index (χ4n) is 0.643. The van der Waals surface area contributed by atoms with Crippen molar-refractivity contribution < 1.29 is 18.0 Å². The van der Waals surface area contributed by atoms with E-state index in [0.717, 1.165) is 18.3 Å². The fraction of sp³-hybridized carbons (Fsp3) is 0.333. The molecular weight excluding hydrogens is 195 g/mol. The van der Waals surface area contributed by atoms with Crippen molar-refractivity contribution >= 4 is 6.29 Å². The number of carbonyl (C=O) groups is 1. The third kappa shape index (κ3) is 3.55. The molecule has 0 saturated heterocycles. The van der Waals surface area contributed by atoms with Gasteiger partial charge < -0.3 is 0 Å². The average Bonchev–Trinajstić information content (AvgIpc) is 2.20. The van der Waals surface area contributed by atoms with Crippen molar-refractivity contribution in [2.24, 2.45) is 0 Å². The maximum atomic E-state index is 11.9. The largest absolute Gasteiger partial charge is 0.433 e. The van der Waals surface area contributed by atoms with Crippen LogP contribution < -0.4 is 0 Å². The minimum Gasteiger partial charge on any atom is -0.298 e. The molecule has 0 radical (unpaired) electrons. The van der Waals surface area contributed by atoms with Crippen molar-refractivity contribution in [1.82, 2.24) is 4.98 Å². The van der Waals surface area contributed by atoms with E-state index in [2.05, 4.69) is 4.98 Å². The molecule has 0 aliphatic carbocycles. The van der Waals surface area contributed by atoms with Crippen molar-refractivity contribution in [3.8, 4) is 0 Å². The normalized spacial score (nSPS) is 10.1. The van der Waals surface area contributed by atoms with Crippen LogP contribution in [0.15, 0.2) is 18.3 Å². The number of aldehydes is 1. The Kier molecular flexibility index (Phi) is 4.83. The van der Waals surface area contributed by atoms with Gasteiger partial charge in [-0.1, -0.05) is 13.8 Å². The van der Waals surface area contributed by atoms with Crippen molar-refractivity contribution in [3.05, 3.63) is 29.6 Å². The zero-order valence-electron chi connectivity index (χ0n) is 7.80. The van der Waals surface area contributed by atoms with E-state index in [1.54, 1.807) is 0 Å². The summed E-state index contributed by atoms with van der Waals surface area (Å²) in [6.45, 7) is 4.00. The first-order valence-electron chi connectivity index (χ1n) is 4.02. The first kappa shape index (κ1) is 12.6. The Morgan fingerprint density at radius 2 is 1.86 bits per heavy atom. The molecule has 5 heteroatoms. The van der Waals surface area contributed by atoms with Crippen molar-refractivity contribution in [1.29, 1.82) is 0 Å². The quantitative estimate of drug-likeness (QED) is 0.660. The lowest BCUT2D eigenvalue weighted by Crippen LogP contribution is -2.07. The molecule has 0 spiro atoms. The van der Waals surface area contributed by atoms with Gasteiger partial charge in [0.15, 0.2) is 6.29 Å². The van der Waals surface area contributed by atoms with Gasteiger partial charge in [0.05, 0.1) is 0 Å². The molecule has 0 fully saturated rings. The predicted molar refractivity (Wildman–Crippen MR) is 46.0 cm³/mol. The van der Waals surface area contributed by atoms with Crippen LogP contribution >= 0.6 is 0 Å². The summed E-state index contributed by atoms with van der Waals surface area (Å²) in [4.78, 5) is 13.1. The Hall–Kier alpha value is -1.39. The van der Waals surface area contributed by atoms with E-state index in [0.29, 0.717) is 6.29 Å². The summed E-state index contributed by atoms with van der Waals surface area (Å²) < 4.78 is 35.6. The highest BCUT2D eigenvalue weighted by Crippen LogP contribution is 2.26. The van der Waals surface area contributed by atoms with Crippen molar-refractivity contribution in [2.75, 3.05) is 0 Å². The molecule has 0 saturated carbocycles. The molecule has 0 aromatic carbocycles. The fourth-order valence-corrected chi connectivity index (χ4v) is 0.643. The summed E-state index contributed by atoms with van der Waals surface area (Å²) in [5, 5.41) is 0. The standard InChI is InChI=1S/C7H4F3NO.C2H6/c8-7(9,10)6-2-1-5(4-12)3-11-6;1-2/h1-4H;1-2H3. The lowest BCUT2D eigenvalue weighted by atomic mass is 10.3. The van der Waals surface area contributed by atoms with Crippen molar-refractivity contribution in [3.63, 3.8) is 0 Å². The zero-order chi connectivity index (χ0) is 11.2. The van der Waals surface area contributed by atoms with Gasteiger partial charge in [-0.3, -0.25) is 9.78 Å². The highest BCUT2D eigenvalue weighted by atomic mass is 19.4. The van der Waals surface area contributed by atoms with Crippen molar-refractivity contribution in [2.45, 2.75) is 20.0 Å². The van der Waals surface area contributed by atoms with Gasteiger partial charge in [0, 0.05) is 11.8 Å². The summed E-state index contributed by atoms with van der Waals surface area (Å²) in [6, 6.07) is 1.84. The molecule has 2 nitrogen and oxygen atoms in total. The molecule has 0 aliphatic heterocycles. The number of aromatic nitrogens is 1. The predicted octanol–water partition coefficient (Wildman–Crippen LogP) is 2.94. The van der Waals surface area contributed by atoms with Crippen LogP contribution in [-0.2, 0) is 6.18 Å². The van der Waals surface area contributed by atoms with Crippen LogP contribution in [0.25, 0.3) is 0 Å². The number of hydrogen-bond donors (Lipinski definition) is 0. The Morgan fingerprint density at radius 1 is 1.29 bits per heavy atom. The summed E-state index contributed by atoms with van der Waals surface area (Å²) in [5.74, 6) is 0. The summed E-state index contributed by atoms with van der Waals surface area (Å²) >= 11 is 0. The second-order valence-corrected chi connectivity index (χ2v) is 2.09. The van der Waals surface area contributed by atoms with Crippen LogP contribution in [0.5, 0.6) is 0 Å². The van der Waals surface area contributed by atoms with Crippen LogP contribution in [0.2, 0.25) is 0 Å². The molecule has 0 N–H and O–H groups in total. The number of alkyl halides is 3. The van der Waals surface area contributed by atoms with Gasteiger partial charge in [-0.2, -0.15) is 13.2 Å². The smallest absolute Gasteiger partial charge is 0.298 e. The third-order valence-electron chi connectivity index (χ3n) is 1.21. The number of halogens is 3. The average molecular weight is 205 g/mol. The maximum absolute atomic E-state index is 11.9. The lowest BCUT2D eigenvalue weighted by molar-refractivity contribution is -0.141. The highest BCUT2D eigenvalue weighted by molar-refractivity contribution is 5.73. The molecule has 14 heavy (non-hydrogen) atoms. The minimum absolute atomic E-state index is 0.128. The second-order valence-electron chi connectivity index (χ2n) is 2.09. The lowest BCUT2D eigenvalue weighted by Gasteiger charge is -2.03. The van der Waals surface area contributed by atoms with E-state index in [-0.39, 0.29) is 5.56 Å². The highest BCUT2D eigenvalue weighted by Gasteiger charge is 2.31. The van der Waals surface area contributed by atoms with Crippen LogP contribution in [0, 0.1) is 0 Å². The molecule has 1 aromatic heterocycles. The van der Waals surface area contributed by atoms with E-state index in [1.807, 2.05) is 13.8 Å². The molecule has 78 valence electrons. The number of carbonyl (C=O) groups excluding carboxylic acids is 1. The van der Waals surface area contributed by atoms with Gasteiger partial charge in [0.2, 0.25) is 0 Å². The van der Waals surface area contributed by atoms with Gasteiger partial charge in [0.25, 0.3) is 0 Å². The van der Waals surface area contributed by atoms with Gasteiger partial charge in [-0.15, -0.1) is 0 Å². The molecule has 0 aliphatic rings. The van der Waals surface area contributed by atoms with E-state index in [1.165, 1.54) is 0 Å². The number of pyridine rings is 1. The molecule has 0 atom stereocenters. The van der Waals surface area contributed by atoms with Crippen LogP contribution in [0.1, 0.15) is 29.9 Å². The Balaban J connectivity index is 0.000000791. The zero-order valence-corrected chi connectivity index (χ0v) is 7.80. The summed E-state index contributed by atoms with van der Waals surface area (Å²) in [5.41, 5.74) is -0.865. The molecule has 1 heterocycles. The van der Waals surface area contributed by atoms with E-state index in [9.17, 15) is 18.0 Å². The minimum atomic E-state index is -4.44. The molecule has 0 bridgehead atoms. The van der Waals surface area contributed by atoms with E-state index >= 15 is 0 Å². The third-order valence-corrected chi connectivity index (χ3v) is 1.21. The second kappa shape index (κ2) is 5.36.